The van der Waals surface area contributed by atoms with Gasteiger partial charge >= 0.3 is 0 Å². The SMILES string of the molecule is Cc1cc2nc(Nc3ccc(P(C)(C)=O)cc3)cc(Nc3cccnc3-c3cc(P(C)(C)=O)ccc3Nc3nc4ccccc4c4[nH]c(CO)nc34)c2s1. The van der Waals surface area contributed by atoms with Crippen molar-refractivity contribution in [3.05, 3.63) is 108 Å². The molecule has 0 aliphatic carbocycles. The van der Waals surface area contributed by atoms with Gasteiger partial charge in [-0.25, -0.2) is 15.0 Å². The number of aromatic nitrogens is 5. The number of aryl methyl sites for hydroxylation is 1. The molecular weight excluding hydrogens is 735 g/mol. The Labute approximate surface area is 316 Å². The molecule has 272 valence electrons. The van der Waals surface area contributed by atoms with E-state index in [1.807, 2.05) is 84.9 Å². The van der Waals surface area contributed by atoms with E-state index in [4.69, 9.17) is 15.0 Å². The third-order valence-electron chi connectivity index (χ3n) is 9.11. The van der Waals surface area contributed by atoms with Gasteiger partial charge in [0, 0.05) is 50.1 Å². The number of imidazole rings is 1. The smallest absolute Gasteiger partial charge is 0.159 e. The van der Waals surface area contributed by atoms with Crippen molar-refractivity contribution in [2.45, 2.75) is 13.5 Å². The van der Waals surface area contributed by atoms with E-state index in [9.17, 15) is 14.2 Å². The monoisotopic (exact) mass is 772 g/mol. The van der Waals surface area contributed by atoms with Crippen LogP contribution in [0.1, 0.15) is 10.7 Å². The van der Waals surface area contributed by atoms with Gasteiger partial charge in [-0.3, -0.25) is 4.98 Å². The molecule has 0 amide bonds. The van der Waals surface area contributed by atoms with Crippen molar-refractivity contribution >= 4 is 103 Å². The minimum absolute atomic E-state index is 0.246. The highest BCUT2D eigenvalue weighted by Crippen LogP contribution is 2.43. The molecule has 54 heavy (non-hydrogen) atoms. The first-order chi connectivity index (χ1) is 25.8. The summed E-state index contributed by atoms with van der Waals surface area (Å²) in [6.45, 7) is 8.84. The van der Waals surface area contributed by atoms with Crippen LogP contribution in [0, 0.1) is 6.92 Å². The second-order valence-corrected chi connectivity index (χ2v) is 21.6. The van der Waals surface area contributed by atoms with Crippen LogP contribution in [0.3, 0.4) is 0 Å². The Hall–Kier alpha value is -5.38. The Bertz CT molecular complexity index is 2820. The van der Waals surface area contributed by atoms with Gasteiger partial charge in [-0.2, -0.15) is 0 Å². The first kappa shape index (κ1) is 35.6. The third-order valence-corrected chi connectivity index (χ3v) is 13.2. The maximum Gasteiger partial charge on any atom is 0.159 e. The minimum atomic E-state index is -2.67. The van der Waals surface area contributed by atoms with Crippen molar-refractivity contribution in [1.82, 2.24) is 24.9 Å². The zero-order valence-corrected chi connectivity index (χ0v) is 32.9. The zero-order valence-electron chi connectivity index (χ0n) is 30.3. The summed E-state index contributed by atoms with van der Waals surface area (Å²) in [6.07, 6.45) is 1.74. The van der Waals surface area contributed by atoms with Gasteiger partial charge in [-0.1, -0.05) is 18.2 Å². The number of aromatic amines is 1. The number of fused-ring (bicyclic) bond motifs is 4. The number of benzene rings is 3. The molecule has 0 aliphatic heterocycles. The predicted octanol–water partition coefficient (Wildman–Crippen LogP) is 9.31. The highest BCUT2D eigenvalue weighted by atomic mass is 32.1. The summed E-state index contributed by atoms with van der Waals surface area (Å²) in [5, 5.41) is 23.0. The van der Waals surface area contributed by atoms with Crippen molar-refractivity contribution in [1.29, 1.82) is 0 Å². The lowest BCUT2D eigenvalue weighted by molar-refractivity contribution is 0.273. The van der Waals surface area contributed by atoms with Crippen molar-refractivity contribution in [3.63, 3.8) is 0 Å². The number of pyridine rings is 3. The molecule has 0 spiro atoms. The average Bonchev–Trinajstić information content (AvgIpc) is 3.75. The number of nitrogens with zero attached hydrogens (tertiary/aromatic N) is 4. The first-order valence-electron chi connectivity index (χ1n) is 17.2. The third kappa shape index (κ3) is 7.01. The van der Waals surface area contributed by atoms with Gasteiger partial charge in [0.15, 0.2) is 5.82 Å². The average molecular weight is 773 g/mol. The lowest BCUT2D eigenvalue weighted by atomic mass is 10.1. The van der Waals surface area contributed by atoms with Gasteiger partial charge in [0.05, 0.1) is 38.3 Å². The normalized spacial score (nSPS) is 12.1. The topological polar surface area (TPSA) is 158 Å². The standard InChI is InChI=1S/C40H38N8O3P2S/c1-23-19-32-39(54-23)33(21-34(44-32)42-24-12-14-25(15-13-24)52(2,3)50)43-31-11-8-18-41-36(31)28-20-26(53(4,5)51)16-17-30(28)46-40-38-37(47-35(22-49)48-38)27-9-6-7-10-29(27)45-40/h6-21,49H,22H2,1-5H3,(H,45,46)(H,47,48)(H2,42,43,44). The molecule has 0 unspecified atom stereocenters. The zero-order chi connectivity index (χ0) is 37.8. The van der Waals surface area contributed by atoms with Crippen LogP contribution in [0.15, 0.2) is 97.2 Å². The van der Waals surface area contributed by atoms with Crippen LogP contribution >= 0.6 is 25.6 Å². The molecule has 0 radical (unpaired) electrons. The molecule has 0 aliphatic rings. The van der Waals surface area contributed by atoms with Crippen molar-refractivity contribution in [2.24, 2.45) is 0 Å². The molecular formula is C40H38N8O3P2S. The fourth-order valence-electron chi connectivity index (χ4n) is 6.42. The quantitative estimate of drug-likeness (QED) is 0.0849. The molecule has 0 saturated heterocycles. The van der Waals surface area contributed by atoms with Crippen LogP contribution in [0.2, 0.25) is 0 Å². The summed E-state index contributed by atoms with van der Waals surface area (Å²) in [6, 6.07) is 29.0. The van der Waals surface area contributed by atoms with E-state index >= 15 is 0 Å². The fraction of sp³-hybridized carbons (Fsp3) is 0.150. The van der Waals surface area contributed by atoms with Crippen LogP contribution in [0.25, 0.3) is 43.4 Å². The number of nitrogens with one attached hydrogen (secondary N) is 4. The van der Waals surface area contributed by atoms with E-state index in [2.05, 4.69) is 38.9 Å². The Morgan fingerprint density at radius 3 is 2.26 bits per heavy atom. The van der Waals surface area contributed by atoms with Crippen LogP contribution < -0.4 is 26.6 Å². The molecule has 8 rings (SSSR count). The van der Waals surface area contributed by atoms with Gasteiger partial charge in [-0.15, -0.1) is 11.3 Å². The first-order valence-corrected chi connectivity index (χ1v) is 23.3. The molecule has 0 atom stereocenters. The minimum Gasteiger partial charge on any atom is -0.388 e. The largest absolute Gasteiger partial charge is 0.388 e. The number of para-hydroxylation sites is 1. The number of H-pyrrole nitrogens is 1. The number of anilines is 6. The maximum absolute atomic E-state index is 13.5. The molecule has 8 aromatic rings. The molecule has 5 aromatic heterocycles. The summed E-state index contributed by atoms with van der Waals surface area (Å²) in [5.74, 6) is 1.58. The van der Waals surface area contributed by atoms with Crippen LogP contribution in [0.5, 0.6) is 0 Å². The second kappa shape index (κ2) is 13.8. The Kier molecular flexibility index (Phi) is 9.10. The molecule has 0 saturated carbocycles. The molecule has 5 heterocycles. The number of hydrogen-bond donors (Lipinski definition) is 5. The van der Waals surface area contributed by atoms with Crippen molar-refractivity contribution < 1.29 is 14.2 Å². The van der Waals surface area contributed by atoms with Crippen molar-refractivity contribution in [2.75, 3.05) is 42.6 Å². The van der Waals surface area contributed by atoms with E-state index in [1.54, 1.807) is 44.2 Å². The van der Waals surface area contributed by atoms with Crippen LogP contribution in [0.4, 0.5) is 34.4 Å². The van der Waals surface area contributed by atoms with E-state index in [0.29, 0.717) is 39.7 Å². The van der Waals surface area contributed by atoms with Gasteiger partial charge in [0.2, 0.25) is 0 Å². The van der Waals surface area contributed by atoms with E-state index in [0.717, 1.165) is 59.4 Å². The lowest BCUT2D eigenvalue weighted by Crippen LogP contribution is -2.07. The summed E-state index contributed by atoms with van der Waals surface area (Å²) < 4.78 is 27.1. The molecule has 0 fully saturated rings. The highest BCUT2D eigenvalue weighted by Gasteiger charge is 2.21. The Balaban J connectivity index is 1.23. The lowest BCUT2D eigenvalue weighted by Gasteiger charge is -2.19. The molecule has 0 bridgehead atoms. The van der Waals surface area contributed by atoms with Crippen molar-refractivity contribution in [3.8, 4) is 11.3 Å². The van der Waals surface area contributed by atoms with Crippen LogP contribution in [-0.2, 0) is 15.7 Å². The van der Waals surface area contributed by atoms with Gasteiger partial charge in [0.25, 0.3) is 0 Å². The maximum atomic E-state index is 13.5. The summed E-state index contributed by atoms with van der Waals surface area (Å²) in [7, 11) is -5.05. The van der Waals surface area contributed by atoms with E-state index < -0.39 is 14.3 Å². The van der Waals surface area contributed by atoms with Gasteiger partial charge in [0.1, 0.15) is 38.0 Å². The fourth-order valence-corrected chi connectivity index (χ4v) is 9.08. The summed E-state index contributed by atoms with van der Waals surface area (Å²) in [4.78, 5) is 23.8. The number of aliphatic hydroxyl groups is 1. The predicted molar refractivity (Wildman–Crippen MR) is 226 cm³/mol. The molecule has 11 nitrogen and oxygen atoms in total. The molecule has 5 N–H and O–H groups in total. The Morgan fingerprint density at radius 1 is 0.741 bits per heavy atom. The molecule has 3 aromatic carbocycles. The summed E-state index contributed by atoms with van der Waals surface area (Å²) in [5.41, 5.74) is 7.39. The van der Waals surface area contributed by atoms with E-state index in [1.165, 1.54) is 0 Å². The summed E-state index contributed by atoms with van der Waals surface area (Å²) >= 11 is 1.65. The number of hydrogen-bond acceptors (Lipinski definition) is 11. The number of aliphatic hydroxyl groups excluding tert-OH is 1. The number of thiophene rings is 1. The Morgan fingerprint density at radius 2 is 1.50 bits per heavy atom. The van der Waals surface area contributed by atoms with Crippen LogP contribution in [-0.4, -0.2) is 56.7 Å². The van der Waals surface area contributed by atoms with Gasteiger partial charge < -0.3 is 35.2 Å². The van der Waals surface area contributed by atoms with Gasteiger partial charge in [-0.05, 0) is 100 Å². The second-order valence-electron chi connectivity index (χ2n) is 13.9. The number of rotatable bonds is 10. The molecule has 14 heteroatoms. The highest BCUT2D eigenvalue weighted by molar-refractivity contribution is 7.70. The van der Waals surface area contributed by atoms with E-state index in [-0.39, 0.29) is 6.61 Å².